The van der Waals surface area contributed by atoms with E-state index in [9.17, 15) is 0 Å². The molecule has 1 atom stereocenters. The van der Waals surface area contributed by atoms with E-state index in [0.29, 0.717) is 6.04 Å². The van der Waals surface area contributed by atoms with Crippen molar-refractivity contribution < 1.29 is 0 Å². The molecule has 0 saturated heterocycles. The van der Waals surface area contributed by atoms with Gasteiger partial charge in [0.1, 0.15) is 0 Å². The zero-order chi connectivity index (χ0) is 11.7. The van der Waals surface area contributed by atoms with E-state index in [1.807, 2.05) is 11.6 Å². The quantitative estimate of drug-likeness (QED) is 0.861. The van der Waals surface area contributed by atoms with Crippen molar-refractivity contribution in [2.24, 2.45) is 11.7 Å². The highest BCUT2D eigenvalue weighted by Gasteiger charge is 2.28. The maximum absolute atomic E-state index is 6.25. The summed E-state index contributed by atoms with van der Waals surface area (Å²) in [6, 6.07) is 0.344. The minimum Gasteiger partial charge on any atom is -0.327 e. The molecular weight excluding hydrogens is 222 g/mol. The highest BCUT2D eigenvalue weighted by molar-refractivity contribution is 6.31. The molecule has 4 heteroatoms. The van der Waals surface area contributed by atoms with Crippen molar-refractivity contribution in [1.82, 2.24) is 9.78 Å². The van der Waals surface area contributed by atoms with Crippen LogP contribution in [0.25, 0.3) is 0 Å². The second kappa shape index (κ2) is 4.76. The number of rotatable bonds is 5. The lowest BCUT2D eigenvalue weighted by molar-refractivity contribution is 0.527. The molecule has 1 aromatic heterocycles. The summed E-state index contributed by atoms with van der Waals surface area (Å²) in [5.74, 6) is 0.762. The van der Waals surface area contributed by atoms with Gasteiger partial charge in [0.2, 0.25) is 0 Å². The van der Waals surface area contributed by atoms with E-state index in [-0.39, 0.29) is 0 Å². The first-order valence-corrected chi connectivity index (χ1v) is 6.48. The lowest BCUT2D eigenvalue weighted by atomic mass is 10.1. The van der Waals surface area contributed by atoms with Crippen molar-refractivity contribution in [2.45, 2.75) is 52.1 Å². The maximum Gasteiger partial charge on any atom is 0.0847 e. The Morgan fingerprint density at radius 1 is 1.56 bits per heavy atom. The third kappa shape index (κ3) is 2.41. The summed E-state index contributed by atoms with van der Waals surface area (Å²) in [5.41, 5.74) is 8.18. The average Bonchev–Trinajstić information content (AvgIpc) is 3.06. The van der Waals surface area contributed by atoms with Gasteiger partial charge >= 0.3 is 0 Å². The molecule has 2 N–H and O–H groups in total. The molecule has 0 aromatic carbocycles. The van der Waals surface area contributed by atoms with E-state index in [1.54, 1.807) is 0 Å². The number of hydrogen-bond acceptors (Lipinski definition) is 2. The molecule has 0 radical (unpaired) electrons. The molecule has 1 saturated carbocycles. The summed E-state index contributed by atoms with van der Waals surface area (Å²) in [5, 5.41) is 5.23. The first-order valence-electron chi connectivity index (χ1n) is 6.10. The van der Waals surface area contributed by atoms with Crippen LogP contribution >= 0.6 is 11.6 Å². The van der Waals surface area contributed by atoms with E-state index < -0.39 is 0 Å². The molecule has 1 aliphatic carbocycles. The van der Waals surface area contributed by atoms with Crippen LogP contribution in [0.15, 0.2) is 0 Å². The fraction of sp³-hybridized carbons (Fsp3) is 0.750. The minimum absolute atomic E-state index is 0.344. The van der Waals surface area contributed by atoms with Crippen LogP contribution < -0.4 is 5.73 Å². The first kappa shape index (κ1) is 11.9. The van der Waals surface area contributed by atoms with Gasteiger partial charge in [0.05, 0.1) is 16.4 Å². The topological polar surface area (TPSA) is 43.8 Å². The van der Waals surface area contributed by atoms with E-state index in [1.165, 1.54) is 12.8 Å². The van der Waals surface area contributed by atoms with Crippen LogP contribution in [0.1, 0.15) is 37.6 Å². The van der Waals surface area contributed by atoms with Crippen LogP contribution in [-0.2, 0) is 13.0 Å². The Balaban J connectivity index is 2.01. The standard InChI is InChI=1S/C12H20ClN3/c1-3-16-11(12(13)8(2)15-16)7-6-10(14)9-4-5-9/h9-10H,3-7,14H2,1-2H3. The molecule has 3 nitrogen and oxygen atoms in total. The van der Waals surface area contributed by atoms with Gasteiger partial charge < -0.3 is 5.73 Å². The summed E-state index contributed by atoms with van der Waals surface area (Å²) < 4.78 is 2.00. The molecular formula is C12H20ClN3. The lowest BCUT2D eigenvalue weighted by Crippen LogP contribution is -2.23. The fourth-order valence-electron chi connectivity index (χ4n) is 2.17. The smallest absolute Gasteiger partial charge is 0.0847 e. The summed E-state index contributed by atoms with van der Waals surface area (Å²) in [6.07, 6.45) is 4.59. The molecule has 1 aliphatic rings. The maximum atomic E-state index is 6.25. The van der Waals surface area contributed by atoms with Crippen molar-refractivity contribution in [2.75, 3.05) is 0 Å². The molecule has 0 amide bonds. The van der Waals surface area contributed by atoms with Crippen LogP contribution in [0.4, 0.5) is 0 Å². The Kier molecular flexibility index (Phi) is 3.55. The van der Waals surface area contributed by atoms with Crippen LogP contribution in [0.5, 0.6) is 0 Å². The number of halogens is 1. The van der Waals surface area contributed by atoms with Crippen LogP contribution in [-0.4, -0.2) is 15.8 Å². The average molecular weight is 242 g/mol. The van der Waals surface area contributed by atoms with Crippen molar-refractivity contribution in [3.05, 3.63) is 16.4 Å². The Morgan fingerprint density at radius 2 is 2.25 bits per heavy atom. The molecule has 1 heterocycles. The molecule has 1 fully saturated rings. The highest BCUT2D eigenvalue weighted by Crippen LogP contribution is 2.33. The second-order valence-electron chi connectivity index (χ2n) is 4.70. The number of nitrogens with zero attached hydrogens (tertiary/aromatic N) is 2. The minimum atomic E-state index is 0.344. The summed E-state index contributed by atoms with van der Waals surface area (Å²) in [7, 11) is 0. The van der Waals surface area contributed by atoms with Gasteiger partial charge in [0.25, 0.3) is 0 Å². The fourth-order valence-corrected chi connectivity index (χ4v) is 2.40. The van der Waals surface area contributed by atoms with E-state index >= 15 is 0 Å². The van der Waals surface area contributed by atoms with Crippen molar-refractivity contribution in [3.8, 4) is 0 Å². The third-order valence-electron chi connectivity index (χ3n) is 3.39. The molecule has 1 unspecified atom stereocenters. The van der Waals surface area contributed by atoms with E-state index in [2.05, 4.69) is 12.0 Å². The highest BCUT2D eigenvalue weighted by atomic mass is 35.5. The van der Waals surface area contributed by atoms with Gasteiger partial charge in [-0.05, 0) is 45.4 Å². The van der Waals surface area contributed by atoms with Gasteiger partial charge in [-0.3, -0.25) is 4.68 Å². The van der Waals surface area contributed by atoms with Gasteiger partial charge in [0, 0.05) is 12.6 Å². The Hall–Kier alpha value is -0.540. The Morgan fingerprint density at radius 3 is 2.81 bits per heavy atom. The van der Waals surface area contributed by atoms with E-state index in [0.717, 1.165) is 41.7 Å². The summed E-state index contributed by atoms with van der Waals surface area (Å²) in [6.45, 7) is 4.92. The van der Waals surface area contributed by atoms with Crippen molar-refractivity contribution >= 4 is 11.6 Å². The Bertz CT molecular complexity index is 369. The third-order valence-corrected chi connectivity index (χ3v) is 3.89. The van der Waals surface area contributed by atoms with Gasteiger partial charge in [-0.25, -0.2) is 0 Å². The number of nitrogens with two attached hydrogens (primary N) is 1. The predicted octanol–water partition coefficient (Wildman–Crippen LogP) is 2.53. The largest absolute Gasteiger partial charge is 0.327 e. The molecule has 0 spiro atoms. The zero-order valence-corrected chi connectivity index (χ0v) is 10.8. The monoisotopic (exact) mass is 241 g/mol. The van der Waals surface area contributed by atoms with Gasteiger partial charge in [-0.15, -0.1) is 0 Å². The number of aryl methyl sites for hydroxylation is 2. The summed E-state index contributed by atoms with van der Waals surface area (Å²) >= 11 is 6.25. The second-order valence-corrected chi connectivity index (χ2v) is 5.08. The van der Waals surface area contributed by atoms with Gasteiger partial charge in [0.15, 0.2) is 0 Å². The van der Waals surface area contributed by atoms with E-state index in [4.69, 9.17) is 17.3 Å². The molecule has 0 bridgehead atoms. The normalized spacial score (nSPS) is 17.8. The van der Waals surface area contributed by atoms with Crippen LogP contribution in [0.2, 0.25) is 5.02 Å². The van der Waals surface area contributed by atoms with Crippen LogP contribution in [0, 0.1) is 12.8 Å². The molecule has 16 heavy (non-hydrogen) atoms. The van der Waals surface area contributed by atoms with Crippen LogP contribution in [0.3, 0.4) is 0 Å². The van der Waals surface area contributed by atoms with Gasteiger partial charge in [-0.1, -0.05) is 11.6 Å². The SMILES string of the molecule is CCn1nc(C)c(Cl)c1CCC(N)C1CC1. The molecule has 2 rings (SSSR count). The summed E-state index contributed by atoms with van der Waals surface area (Å²) in [4.78, 5) is 0. The zero-order valence-electron chi connectivity index (χ0n) is 10.0. The van der Waals surface area contributed by atoms with Gasteiger partial charge in [-0.2, -0.15) is 5.10 Å². The lowest BCUT2D eigenvalue weighted by Gasteiger charge is -2.11. The molecule has 0 aliphatic heterocycles. The Labute approximate surface area is 102 Å². The van der Waals surface area contributed by atoms with Crippen molar-refractivity contribution in [3.63, 3.8) is 0 Å². The molecule has 90 valence electrons. The van der Waals surface area contributed by atoms with Crippen molar-refractivity contribution in [1.29, 1.82) is 0 Å². The molecule has 1 aromatic rings. The first-order chi connectivity index (χ1) is 7.63. The number of hydrogen-bond donors (Lipinski definition) is 1. The predicted molar refractivity (Wildman–Crippen MR) is 66.7 cm³/mol. The number of aromatic nitrogens is 2.